The van der Waals surface area contributed by atoms with Crippen LogP contribution in [0.4, 0.5) is 0 Å². The SMILES string of the molecule is CCC(=O)Oc1ccc(-c2ccc(-c3ccc(OC(C)C)c(C#N)c3)s2)c(C)c1. The summed E-state index contributed by atoms with van der Waals surface area (Å²) >= 11 is 1.66. The minimum atomic E-state index is -0.242. The largest absolute Gasteiger partial charge is 0.490 e. The minimum absolute atomic E-state index is 0.0174. The zero-order valence-corrected chi connectivity index (χ0v) is 17.8. The average molecular weight is 406 g/mol. The van der Waals surface area contributed by atoms with E-state index in [1.807, 2.05) is 57.2 Å². The van der Waals surface area contributed by atoms with Crippen molar-refractivity contribution >= 4 is 17.3 Å². The van der Waals surface area contributed by atoms with Gasteiger partial charge < -0.3 is 9.47 Å². The Morgan fingerprint density at radius 1 is 1.10 bits per heavy atom. The Labute approximate surface area is 175 Å². The van der Waals surface area contributed by atoms with Gasteiger partial charge in [-0.15, -0.1) is 11.3 Å². The van der Waals surface area contributed by atoms with E-state index in [9.17, 15) is 10.1 Å². The number of carbonyl (C=O) groups is 1. The van der Waals surface area contributed by atoms with Crippen LogP contribution in [0.3, 0.4) is 0 Å². The first-order valence-electron chi connectivity index (χ1n) is 9.54. The first-order valence-corrected chi connectivity index (χ1v) is 10.4. The highest BCUT2D eigenvalue weighted by Gasteiger charge is 2.12. The van der Waals surface area contributed by atoms with Crippen molar-refractivity contribution in [2.75, 3.05) is 0 Å². The first kappa shape index (κ1) is 20.6. The lowest BCUT2D eigenvalue weighted by molar-refractivity contribution is -0.134. The molecule has 0 aliphatic rings. The van der Waals surface area contributed by atoms with E-state index >= 15 is 0 Å². The van der Waals surface area contributed by atoms with Gasteiger partial charge in [0.2, 0.25) is 0 Å². The lowest BCUT2D eigenvalue weighted by Crippen LogP contribution is -2.06. The van der Waals surface area contributed by atoms with Gasteiger partial charge in [-0.05, 0) is 86.0 Å². The van der Waals surface area contributed by atoms with E-state index < -0.39 is 0 Å². The Balaban J connectivity index is 1.88. The molecule has 0 N–H and O–H groups in total. The molecule has 0 aliphatic heterocycles. The lowest BCUT2D eigenvalue weighted by Gasteiger charge is -2.11. The van der Waals surface area contributed by atoms with E-state index in [2.05, 4.69) is 18.2 Å². The Bertz CT molecular complexity index is 1080. The van der Waals surface area contributed by atoms with E-state index in [0.717, 1.165) is 26.4 Å². The Kier molecular flexibility index (Phi) is 6.36. The molecule has 1 heterocycles. The molecule has 4 nitrogen and oxygen atoms in total. The monoisotopic (exact) mass is 405 g/mol. The zero-order chi connectivity index (χ0) is 21.0. The van der Waals surface area contributed by atoms with E-state index in [1.165, 1.54) is 0 Å². The molecule has 0 atom stereocenters. The van der Waals surface area contributed by atoms with Crippen LogP contribution in [-0.4, -0.2) is 12.1 Å². The molecule has 3 rings (SSSR count). The molecule has 2 aromatic carbocycles. The molecule has 0 fully saturated rings. The third-order valence-electron chi connectivity index (χ3n) is 4.34. The van der Waals surface area contributed by atoms with Crippen molar-refractivity contribution in [3.63, 3.8) is 0 Å². The number of hydrogen-bond donors (Lipinski definition) is 0. The Hall–Kier alpha value is -3.10. The molecule has 0 radical (unpaired) electrons. The van der Waals surface area contributed by atoms with E-state index in [-0.39, 0.29) is 12.1 Å². The van der Waals surface area contributed by atoms with Crippen molar-refractivity contribution in [2.45, 2.75) is 40.2 Å². The Morgan fingerprint density at radius 2 is 1.86 bits per heavy atom. The van der Waals surface area contributed by atoms with Crippen LogP contribution in [0, 0.1) is 18.3 Å². The highest BCUT2D eigenvalue weighted by atomic mass is 32.1. The summed E-state index contributed by atoms with van der Waals surface area (Å²) in [6.45, 7) is 7.66. The third-order valence-corrected chi connectivity index (χ3v) is 5.50. The summed E-state index contributed by atoms with van der Waals surface area (Å²) in [6.07, 6.45) is 0.365. The number of rotatable bonds is 6. The van der Waals surface area contributed by atoms with Crippen molar-refractivity contribution in [3.05, 3.63) is 59.7 Å². The highest BCUT2D eigenvalue weighted by Crippen LogP contribution is 2.38. The fourth-order valence-electron chi connectivity index (χ4n) is 2.94. The van der Waals surface area contributed by atoms with Crippen molar-refractivity contribution < 1.29 is 14.3 Å². The smallest absolute Gasteiger partial charge is 0.310 e. The van der Waals surface area contributed by atoms with E-state index in [0.29, 0.717) is 23.5 Å². The van der Waals surface area contributed by atoms with Crippen LogP contribution < -0.4 is 9.47 Å². The molecule has 148 valence electrons. The zero-order valence-electron chi connectivity index (χ0n) is 17.0. The minimum Gasteiger partial charge on any atom is -0.490 e. The number of esters is 1. The maximum Gasteiger partial charge on any atom is 0.310 e. The van der Waals surface area contributed by atoms with Crippen molar-refractivity contribution in [1.29, 1.82) is 5.26 Å². The van der Waals surface area contributed by atoms with Gasteiger partial charge in [0.15, 0.2) is 0 Å². The predicted molar refractivity (Wildman–Crippen MR) is 116 cm³/mol. The number of hydrogen-bond acceptors (Lipinski definition) is 5. The van der Waals surface area contributed by atoms with E-state index in [1.54, 1.807) is 18.3 Å². The number of thiophene rings is 1. The topological polar surface area (TPSA) is 59.3 Å². The number of nitrogens with zero attached hydrogens (tertiary/aromatic N) is 1. The number of carbonyl (C=O) groups excluding carboxylic acids is 1. The van der Waals surface area contributed by atoms with Gasteiger partial charge >= 0.3 is 5.97 Å². The summed E-state index contributed by atoms with van der Waals surface area (Å²) in [5.41, 5.74) is 3.65. The van der Waals surface area contributed by atoms with Crippen LogP contribution in [0.5, 0.6) is 11.5 Å². The fourth-order valence-corrected chi connectivity index (χ4v) is 4.04. The van der Waals surface area contributed by atoms with Gasteiger partial charge in [-0.2, -0.15) is 5.26 Å². The van der Waals surface area contributed by atoms with Crippen molar-refractivity contribution in [1.82, 2.24) is 0 Å². The second-order valence-electron chi connectivity index (χ2n) is 6.96. The van der Waals surface area contributed by atoms with Crippen LogP contribution in [0.1, 0.15) is 38.3 Å². The maximum atomic E-state index is 11.5. The molecule has 5 heteroatoms. The molecule has 0 spiro atoms. The molecule has 0 unspecified atom stereocenters. The van der Waals surface area contributed by atoms with Gasteiger partial charge in [-0.3, -0.25) is 4.79 Å². The van der Waals surface area contributed by atoms with Crippen LogP contribution in [0.25, 0.3) is 20.9 Å². The number of ether oxygens (including phenoxy) is 2. The first-order chi connectivity index (χ1) is 13.9. The van der Waals surface area contributed by atoms with Crippen LogP contribution in [0.15, 0.2) is 48.5 Å². The molecule has 29 heavy (non-hydrogen) atoms. The summed E-state index contributed by atoms with van der Waals surface area (Å²) in [7, 11) is 0. The predicted octanol–water partition coefficient (Wildman–Crippen LogP) is 6.36. The van der Waals surface area contributed by atoms with Crippen molar-refractivity contribution in [2.24, 2.45) is 0 Å². The molecule has 3 aromatic rings. The lowest BCUT2D eigenvalue weighted by atomic mass is 10.1. The summed E-state index contributed by atoms with van der Waals surface area (Å²) in [5.74, 6) is 0.930. The summed E-state index contributed by atoms with van der Waals surface area (Å²) in [4.78, 5) is 13.7. The second kappa shape index (κ2) is 8.93. The maximum absolute atomic E-state index is 11.5. The molecular weight excluding hydrogens is 382 g/mol. The molecule has 0 bridgehead atoms. The number of benzene rings is 2. The van der Waals surface area contributed by atoms with E-state index in [4.69, 9.17) is 9.47 Å². The molecule has 0 saturated carbocycles. The number of nitriles is 1. The number of aryl methyl sites for hydroxylation is 1. The van der Waals surface area contributed by atoms with Gasteiger partial charge in [-0.1, -0.05) is 6.92 Å². The molecule has 0 saturated heterocycles. The molecule has 0 aliphatic carbocycles. The average Bonchev–Trinajstić information content (AvgIpc) is 3.17. The van der Waals surface area contributed by atoms with Crippen LogP contribution in [0.2, 0.25) is 0 Å². The van der Waals surface area contributed by atoms with Gasteiger partial charge in [-0.25, -0.2) is 0 Å². The summed E-state index contributed by atoms with van der Waals surface area (Å²) in [6, 6.07) is 17.7. The van der Waals surface area contributed by atoms with Gasteiger partial charge in [0, 0.05) is 16.2 Å². The highest BCUT2D eigenvalue weighted by molar-refractivity contribution is 7.18. The standard InChI is InChI=1S/C24H23NO3S/c1-5-24(26)28-19-7-8-20(16(4)12-19)23-11-10-22(29-23)17-6-9-21(27-15(2)3)18(13-17)14-25/h6-13,15H,5H2,1-4H3. The van der Waals surface area contributed by atoms with Gasteiger partial charge in [0.05, 0.1) is 11.7 Å². The van der Waals surface area contributed by atoms with Crippen molar-refractivity contribution in [3.8, 4) is 38.4 Å². The summed E-state index contributed by atoms with van der Waals surface area (Å²) in [5, 5.41) is 9.47. The normalized spacial score (nSPS) is 10.6. The molecular formula is C24H23NO3S. The van der Waals surface area contributed by atoms with Crippen LogP contribution >= 0.6 is 11.3 Å². The molecule has 0 amide bonds. The molecule has 1 aromatic heterocycles. The second-order valence-corrected chi connectivity index (χ2v) is 8.04. The fraction of sp³-hybridized carbons (Fsp3) is 0.250. The van der Waals surface area contributed by atoms with Crippen LogP contribution in [-0.2, 0) is 4.79 Å². The van der Waals surface area contributed by atoms with Gasteiger partial charge in [0.1, 0.15) is 17.6 Å². The van der Waals surface area contributed by atoms with Gasteiger partial charge in [0.25, 0.3) is 0 Å². The Morgan fingerprint density at radius 3 is 2.52 bits per heavy atom. The quantitative estimate of drug-likeness (QED) is 0.353. The summed E-state index contributed by atoms with van der Waals surface area (Å²) < 4.78 is 11.0. The third kappa shape index (κ3) is 4.85.